The van der Waals surface area contributed by atoms with Gasteiger partial charge in [-0.25, -0.2) is 0 Å². The van der Waals surface area contributed by atoms with Crippen molar-refractivity contribution in [1.82, 2.24) is 0 Å². The minimum atomic E-state index is 0.692. The van der Waals surface area contributed by atoms with Crippen molar-refractivity contribution in [1.29, 1.82) is 0 Å². The van der Waals surface area contributed by atoms with Crippen LogP contribution in [0.25, 0.3) is 0 Å². The average Bonchev–Trinajstić information content (AvgIpc) is 2.50. The minimum Gasteiger partial charge on any atom is -0.377 e. The van der Waals surface area contributed by atoms with E-state index in [1.54, 1.807) is 0 Å². The van der Waals surface area contributed by atoms with Crippen molar-refractivity contribution in [3.05, 3.63) is 71.3 Å². The van der Waals surface area contributed by atoms with Crippen molar-refractivity contribution >= 4 is 0 Å². The number of ether oxygens (including phenoxy) is 1. The number of hydrogen-bond acceptors (Lipinski definition) is 2. The monoisotopic (exact) mass is 269 g/mol. The second-order valence-corrected chi connectivity index (χ2v) is 5.00. The van der Waals surface area contributed by atoms with Crippen LogP contribution in [0.15, 0.2) is 54.6 Å². The first-order chi connectivity index (χ1) is 9.88. The van der Waals surface area contributed by atoms with Gasteiger partial charge in [-0.2, -0.15) is 0 Å². The van der Waals surface area contributed by atoms with Crippen molar-refractivity contribution in [3.8, 4) is 0 Å². The molecule has 2 aromatic rings. The predicted octanol–water partition coefficient (Wildman–Crippen LogP) is 3.34. The highest BCUT2D eigenvalue weighted by Gasteiger charge is 1.96. The highest BCUT2D eigenvalue weighted by Crippen LogP contribution is 2.07. The number of aryl methyl sites for hydroxylation is 1. The summed E-state index contributed by atoms with van der Waals surface area (Å²) in [6.45, 7) is 2.20. The van der Waals surface area contributed by atoms with Crippen LogP contribution in [0.1, 0.15) is 23.1 Å². The zero-order valence-corrected chi connectivity index (χ0v) is 11.9. The molecule has 106 valence electrons. The molecule has 2 N–H and O–H groups in total. The van der Waals surface area contributed by atoms with Gasteiger partial charge in [0.2, 0.25) is 0 Å². The van der Waals surface area contributed by atoms with E-state index in [0.717, 1.165) is 25.9 Å². The lowest BCUT2D eigenvalue weighted by molar-refractivity contribution is 0.118. The maximum atomic E-state index is 5.72. The topological polar surface area (TPSA) is 35.2 Å². The third-order valence-corrected chi connectivity index (χ3v) is 3.32. The predicted molar refractivity (Wildman–Crippen MR) is 83.6 cm³/mol. The van der Waals surface area contributed by atoms with Crippen molar-refractivity contribution < 1.29 is 4.74 Å². The second kappa shape index (κ2) is 8.51. The lowest BCUT2D eigenvalue weighted by atomic mass is 10.1. The quantitative estimate of drug-likeness (QED) is 0.746. The van der Waals surface area contributed by atoms with Crippen molar-refractivity contribution in [3.63, 3.8) is 0 Å². The Kier molecular flexibility index (Phi) is 6.28. The van der Waals surface area contributed by atoms with Gasteiger partial charge >= 0.3 is 0 Å². The molecule has 0 atom stereocenters. The summed E-state index contributed by atoms with van der Waals surface area (Å²) < 4.78 is 5.72. The molecule has 0 saturated heterocycles. The van der Waals surface area contributed by atoms with Gasteiger partial charge in [0.1, 0.15) is 0 Å². The molecule has 2 nitrogen and oxygen atoms in total. The van der Waals surface area contributed by atoms with E-state index < -0.39 is 0 Å². The van der Waals surface area contributed by atoms with E-state index in [2.05, 4.69) is 48.5 Å². The summed E-state index contributed by atoms with van der Waals surface area (Å²) in [7, 11) is 0. The van der Waals surface area contributed by atoms with E-state index in [9.17, 15) is 0 Å². The summed E-state index contributed by atoms with van der Waals surface area (Å²) in [6, 6.07) is 19.1. The van der Waals surface area contributed by atoms with Crippen LogP contribution in [0.3, 0.4) is 0 Å². The Hall–Kier alpha value is -1.64. The van der Waals surface area contributed by atoms with E-state index in [0.29, 0.717) is 13.2 Å². The molecule has 0 aromatic heterocycles. The van der Waals surface area contributed by atoms with Gasteiger partial charge in [0.05, 0.1) is 6.61 Å². The first kappa shape index (κ1) is 14.8. The van der Waals surface area contributed by atoms with Crippen LogP contribution in [-0.4, -0.2) is 13.2 Å². The summed E-state index contributed by atoms with van der Waals surface area (Å²) in [5.74, 6) is 0. The van der Waals surface area contributed by atoms with Crippen molar-refractivity contribution in [2.45, 2.75) is 25.9 Å². The van der Waals surface area contributed by atoms with Crippen LogP contribution in [-0.2, 0) is 24.2 Å². The minimum absolute atomic E-state index is 0.692. The van der Waals surface area contributed by atoms with E-state index in [1.807, 2.05) is 6.07 Å². The highest BCUT2D eigenvalue weighted by molar-refractivity contribution is 5.22. The maximum absolute atomic E-state index is 5.72. The summed E-state index contributed by atoms with van der Waals surface area (Å²) in [5.41, 5.74) is 9.43. The van der Waals surface area contributed by atoms with Crippen LogP contribution < -0.4 is 5.73 Å². The largest absolute Gasteiger partial charge is 0.377 e. The van der Waals surface area contributed by atoms with Crippen LogP contribution in [0, 0.1) is 0 Å². The highest BCUT2D eigenvalue weighted by atomic mass is 16.5. The Morgan fingerprint density at radius 1 is 0.750 bits per heavy atom. The fraction of sp³-hybridized carbons (Fsp3) is 0.333. The summed E-state index contributed by atoms with van der Waals surface area (Å²) in [6.07, 6.45) is 3.09. The smallest absolute Gasteiger partial charge is 0.0716 e. The standard InChI is InChI=1S/C18H23NO/c19-13-12-17-8-10-18(11-9-17)15-20-14-4-7-16-5-2-1-3-6-16/h1-3,5-6,8-11H,4,7,12-15,19H2. The Morgan fingerprint density at radius 3 is 2.10 bits per heavy atom. The average molecular weight is 269 g/mol. The van der Waals surface area contributed by atoms with E-state index in [1.165, 1.54) is 16.7 Å². The van der Waals surface area contributed by atoms with Gasteiger partial charge in [0.15, 0.2) is 0 Å². The molecule has 0 heterocycles. The van der Waals surface area contributed by atoms with Gasteiger partial charge in [0.25, 0.3) is 0 Å². The fourth-order valence-corrected chi connectivity index (χ4v) is 2.18. The SMILES string of the molecule is NCCc1ccc(COCCCc2ccccc2)cc1. The molecule has 2 rings (SSSR count). The van der Waals surface area contributed by atoms with Gasteiger partial charge in [0, 0.05) is 6.61 Å². The lowest BCUT2D eigenvalue weighted by Gasteiger charge is -2.06. The third kappa shape index (κ3) is 5.16. The number of nitrogens with two attached hydrogens (primary N) is 1. The van der Waals surface area contributed by atoms with E-state index in [-0.39, 0.29) is 0 Å². The Bertz CT molecular complexity index is 479. The molecule has 0 unspecified atom stereocenters. The lowest BCUT2D eigenvalue weighted by Crippen LogP contribution is -2.02. The van der Waals surface area contributed by atoms with E-state index >= 15 is 0 Å². The number of benzene rings is 2. The molecule has 0 spiro atoms. The Morgan fingerprint density at radius 2 is 1.40 bits per heavy atom. The second-order valence-electron chi connectivity index (χ2n) is 5.00. The molecule has 0 bridgehead atoms. The fourth-order valence-electron chi connectivity index (χ4n) is 2.18. The van der Waals surface area contributed by atoms with Gasteiger partial charge in [-0.15, -0.1) is 0 Å². The maximum Gasteiger partial charge on any atom is 0.0716 e. The van der Waals surface area contributed by atoms with Crippen LogP contribution in [0.5, 0.6) is 0 Å². The Balaban J connectivity index is 1.63. The summed E-state index contributed by atoms with van der Waals surface area (Å²) in [4.78, 5) is 0. The molecule has 0 radical (unpaired) electrons. The molecule has 2 aromatic carbocycles. The van der Waals surface area contributed by atoms with Crippen LogP contribution in [0.2, 0.25) is 0 Å². The normalized spacial score (nSPS) is 10.7. The van der Waals surface area contributed by atoms with Crippen LogP contribution in [0.4, 0.5) is 0 Å². The van der Waals surface area contributed by atoms with Gasteiger partial charge in [-0.3, -0.25) is 0 Å². The molecule has 0 amide bonds. The molecule has 0 aliphatic heterocycles. The molecular weight excluding hydrogens is 246 g/mol. The summed E-state index contributed by atoms with van der Waals surface area (Å²) in [5, 5.41) is 0. The zero-order chi connectivity index (χ0) is 14.0. The van der Waals surface area contributed by atoms with Crippen molar-refractivity contribution in [2.24, 2.45) is 5.73 Å². The first-order valence-corrected chi connectivity index (χ1v) is 7.28. The Labute approximate surface area is 121 Å². The first-order valence-electron chi connectivity index (χ1n) is 7.28. The van der Waals surface area contributed by atoms with Gasteiger partial charge < -0.3 is 10.5 Å². The molecule has 2 heteroatoms. The molecule has 0 aliphatic rings. The number of hydrogen-bond donors (Lipinski definition) is 1. The number of rotatable bonds is 8. The van der Waals surface area contributed by atoms with Gasteiger partial charge in [-0.05, 0) is 42.5 Å². The molecule has 0 saturated carbocycles. The van der Waals surface area contributed by atoms with Crippen LogP contribution >= 0.6 is 0 Å². The molecule has 0 aliphatic carbocycles. The third-order valence-electron chi connectivity index (χ3n) is 3.32. The molecule has 0 fully saturated rings. The molecule has 20 heavy (non-hydrogen) atoms. The zero-order valence-electron chi connectivity index (χ0n) is 11.9. The van der Waals surface area contributed by atoms with Gasteiger partial charge in [-0.1, -0.05) is 54.6 Å². The van der Waals surface area contributed by atoms with Crippen molar-refractivity contribution in [2.75, 3.05) is 13.2 Å². The van der Waals surface area contributed by atoms with E-state index in [4.69, 9.17) is 10.5 Å². The molecular formula is C18H23NO. The summed E-state index contributed by atoms with van der Waals surface area (Å²) >= 11 is 0.